The molecular formula is C18H26N2O6S. The van der Waals surface area contributed by atoms with Crippen LogP contribution in [0, 0.1) is 6.92 Å². The molecule has 0 aliphatic rings. The second-order valence-electron chi connectivity index (χ2n) is 6.07. The standard InChI is InChI=1S/C18H26N2O6S/c1-13-4-5-16(25-3)17-15(13)12-14(18(21)20-17)6-7-19-27(22,23)11-10-26-9-8-24-2/h4-5,12,19H,6-11H2,1-3H3,(H,20,21). The zero-order valence-electron chi connectivity index (χ0n) is 15.8. The fourth-order valence-electron chi connectivity index (χ4n) is 2.63. The van der Waals surface area contributed by atoms with Crippen molar-refractivity contribution in [3.05, 3.63) is 39.7 Å². The van der Waals surface area contributed by atoms with E-state index in [1.54, 1.807) is 26.4 Å². The van der Waals surface area contributed by atoms with Crippen molar-refractivity contribution in [1.82, 2.24) is 9.71 Å². The number of fused-ring (bicyclic) bond motifs is 1. The topological polar surface area (TPSA) is 107 Å². The summed E-state index contributed by atoms with van der Waals surface area (Å²) in [5, 5.41) is 0.873. The second kappa shape index (κ2) is 9.84. The number of H-pyrrole nitrogens is 1. The first-order valence-corrected chi connectivity index (χ1v) is 10.3. The number of methoxy groups -OCH3 is 2. The molecule has 0 unspecified atom stereocenters. The summed E-state index contributed by atoms with van der Waals surface area (Å²) in [6.45, 7) is 2.94. The second-order valence-corrected chi connectivity index (χ2v) is 7.99. The number of aryl methyl sites for hydroxylation is 1. The lowest BCUT2D eigenvalue weighted by Crippen LogP contribution is -2.31. The molecule has 0 saturated heterocycles. The summed E-state index contributed by atoms with van der Waals surface area (Å²) >= 11 is 0. The summed E-state index contributed by atoms with van der Waals surface area (Å²) in [6, 6.07) is 5.50. The minimum Gasteiger partial charge on any atom is -0.495 e. The van der Waals surface area contributed by atoms with E-state index in [0.29, 0.717) is 30.0 Å². The molecule has 0 amide bonds. The van der Waals surface area contributed by atoms with E-state index in [4.69, 9.17) is 14.2 Å². The number of aromatic amines is 1. The first kappa shape index (κ1) is 21.4. The number of rotatable bonds is 11. The molecule has 27 heavy (non-hydrogen) atoms. The lowest BCUT2D eigenvalue weighted by Gasteiger charge is -2.10. The number of ether oxygens (including phenoxy) is 3. The Kier molecular flexibility index (Phi) is 7.78. The van der Waals surface area contributed by atoms with E-state index in [2.05, 4.69) is 9.71 Å². The first-order chi connectivity index (χ1) is 12.9. The maximum atomic E-state index is 12.3. The van der Waals surface area contributed by atoms with Crippen molar-refractivity contribution in [3.63, 3.8) is 0 Å². The van der Waals surface area contributed by atoms with Crippen LogP contribution in [0.2, 0.25) is 0 Å². The van der Waals surface area contributed by atoms with Crippen molar-refractivity contribution < 1.29 is 22.6 Å². The Morgan fingerprint density at radius 2 is 1.93 bits per heavy atom. The van der Waals surface area contributed by atoms with Crippen LogP contribution < -0.4 is 15.0 Å². The van der Waals surface area contributed by atoms with Gasteiger partial charge in [-0.15, -0.1) is 0 Å². The van der Waals surface area contributed by atoms with E-state index in [1.807, 2.05) is 13.0 Å². The highest BCUT2D eigenvalue weighted by atomic mass is 32.2. The molecule has 0 aliphatic carbocycles. The van der Waals surface area contributed by atoms with Crippen LogP contribution in [-0.2, 0) is 25.9 Å². The molecule has 0 aliphatic heterocycles. The number of benzene rings is 1. The number of nitrogens with one attached hydrogen (secondary N) is 2. The Hall–Kier alpha value is -1.94. The van der Waals surface area contributed by atoms with Gasteiger partial charge in [-0.25, -0.2) is 13.1 Å². The first-order valence-electron chi connectivity index (χ1n) is 8.61. The van der Waals surface area contributed by atoms with E-state index in [-0.39, 0.29) is 30.9 Å². The maximum Gasteiger partial charge on any atom is 0.251 e. The molecule has 1 aromatic carbocycles. The predicted octanol–water partition coefficient (Wildman–Crippen LogP) is 0.970. The van der Waals surface area contributed by atoms with Crippen molar-refractivity contribution in [1.29, 1.82) is 0 Å². The lowest BCUT2D eigenvalue weighted by molar-refractivity contribution is 0.0784. The largest absolute Gasteiger partial charge is 0.495 e. The van der Waals surface area contributed by atoms with Crippen LogP contribution in [0.25, 0.3) is 10.9 Å². The summed E-state index contributed by atoms with van der Waals surface area (Å²) in [5.74, 6) is 0.453. The van der Waals surface area contributed by atoms with Crippen LogP contribution in [-0.4, -0.2) is 59.7 Å². The highest BCUT2D eigenvalue weighted by Gasteiger charge is 2.12. The highest BCUT2D eigenvalue weighted by molar-refractivity contribution is 7.89. The molecule has 0 radical (unpaired) electrons. The molecular weight excluding hydrogens is 372 g/mol. The highest BCUT2D eigenvalue weighted by Crippen LogP contribution is 2.25. The van der Waals surface area contributed by atoms with Crippen LogP contribution in [0.5, 0.6) is 5.75 Å². The van der Waals surface area contributed by atoms with Crippen molar-refractivity contribution in [2.24, 2.45) is 0 Å². The van der Waals surface area contributed by atoms with Gasteiger partial charge in [-0.1, -0.05) is 6.07 Å². The van der Waals surface area contributed by atoms with E-state index in [9.17, 15) is 13.2 Å². The van der Waals surface area contributed by atoms with Gasteiger partial charge in [0.2, 0.25) is 10.0 Å². The van der Waals surface area contributed by atoms with Crippen LogP contribution in [0.1, 0.15) is 11.1 Å². The summed E-state index contributed by atoms with van der Waals surface area (Å²) < 4.78 is 41.7. The minimum absolute atomic E-state index is 0.0915. The summed E-state index contributed by atoms with van der Waals surface area (Å²) in [6.07, 6.45) is 0.283. The summed E-state index contributed by atoms with van der Waals surface area (Å²) in [7, 11) is -0.366. The molecule has 0 fully saturated rings. The molecule has 2 rings (SSSR count). The van der Waals surface area contributed by atoms with E-state index in [0.717, 1.165) is 10.9 Å². The van der Waals surface area contributed by atoms with Gasteiger partial charge in [0.25, 0.3) is 5.56 Å². The normalized spacial score (nSPS) is 11.8. The van der Waals surface area contributed by atoms with Gasteiger partial charge in [0.1, 0.15) is 5.75 Å². The quantitative estimate of drug-likeness (QED) is 0.546. The fraction of sp³-hybridized carbons (Fsp3) is 0.500. The molecule has 2 N–H and O–H groups in total. The van der Waals surface area contributed by atoms with Gasteiger partial charge >= 0.3 is 0 Å². The smallest absolute Gasteiger partial charge is 0.251 e. The van der Waals surface area contributed by atoms with E-state index >= 15 is 0 Å². The average Bonchev–Trinajstić information content (AvgIpc) is 2.62. The van der Waals surface area contributed by atoms with Crippen LogP contribution in [0.3, 0.4) is 0 Å². The third kappa shape index (κ3) is 6.03. The number of sulfonamides is 1. The Balaban J connectivity index is 2.00. The van der Waals surface area contributed by atoms with Gasteiger partial charge in [-0.3, -0.25) is 4.79 Å². The Morgan fingerprint density at radius 1 is 1.15 bits per heavy atom. The van der Waals surface area contributed by atoms with Crippen LogP contribution in [0.15, 0.2) is 23.0 Å². The van der Waals surface area contributed by atoms with E-state index in [1.165, 1.54) is 0 Å². The SMILES string of the molecule is COCCOCCS(=O)(=O)NCCc1cc2c(C)ccc(OC)c2[nH]c1=O. The van der Waals surface area contributed by atoms with Crippen molar-refractivity contribution in [2.75, 3.05) is 46.3 Å². The Morgan fingerprint density at radius 3 is 2.63 bits per heavy atom. The molecule has 0 bridgehead atoms. The van der Waals surface area contributed by atoms with Gasteiger partial charge < -0.3 is 19.2 Å². The fourth-order valence-corrected chi connectivity index (χ4v) is 3.53. The molecule has 150 valence electrons. The molecule has 0 atom stereocenters. The molecule has 9 heteroatoms. The number of hydrogen-bond donors (Lipinski definition) is 2. The molecule has 0 spiro atoms. The molecule has 0 saturated carbocycles. The number of pyridine rings is 1. The van der Waals surface area contributed by atoms with Crippen molar-refractivity contribution >= 4 is 20.9 Å². The minimum atomic E-state index is -3.46. The van der Waals surface area contributed by atoms with Gasteiger partial charge in [0.05, 0.1) is 38.2 Å². The van der Waals surface area contributed by atoms with E-state index < -0.39 is 10.0 Å². The molecule has 1 aromatic heterocycles. The number of aromatic nitrogens is 1. The Bertz CT molecular complexity index is 923. The number of hydrogen-bond acceptors (Lipinski definition) is 6. The van der Waals surface area contributed by atoms with Crippen LogP contribution in [0.4, 0.5) is 0 Å². The summed E-state index contributed by atoms with van der Waals surface area (Å²) in [5.41, 5.74) is 1.89. The van der Waals surface area contributed by atoms with Gasteiger partial charge in [0, 0.05) is 24.6 Å². The van der Waals surface area contributed by atoms with Crippen molar-refractivity contribution in [2.45, 2.75) is 13.3 Å². The zero-order valence-corrected chi connectivity index (χ0v) is 16.6. The lowest BCUT2D eigenvalue weighted by atomic mass is 10.1. The third-order valence-corrected chi connectivity index (χ3v) is 5.49. The molecule has 8 nitrogen and oxygen atoms in total. The zero-order chi connectivity index (χ0) is 19.9. The van der Waals surface area contributed by atoms with Crippen molar-refractivity contribution in [3.8, 4) is 5.75 Å². The third-order valence-electron chi connectivity index (χ3n) is 4.14. The Labute approximate surface area is 158 Å². The summed E-state index contributed by atoms with van der Waals surface area (Å²) in [4.78, 5) is 15.2. The van der Waals surface area contributed by atoms with Gasteiger partial charge in [-0.2, -0.15) is 0 Å². The monoisotopic (exact) mass is 398 g/mol. The average molecular weight is 398 g/mol. The predicted molar refractivity (Wildman–Crippen MR) is 104 cm³/mol. The van der Waals surface area contributed by atoms with Crippen LogP contribution >= 0.6 is 0 Å². The molecule has 1 heterocycles. The maximum absolute atomic E-state index is 12.3. The molecule has 2 aromatic rings. The van der Waals surface area contributed by atoms with Gasteiger partial charge in [-0.05, 0) is 31.0 Å². The van der Waals surface area contributed by atoms with Gasteiger partial charge in [0.15, 0.2) is 0 Å².